The zero-order chi connectivity index (χ0) is 22.0. The summed E-state index contributed by atoms with van der Waals surface area (Å²) in [6.07, 6.45) is 4.73. The van der Waals surface area contributed by atoms with Gasteiger partial charge in [0, 0.05) is 36.1 Å². The molecule has 0 saturated carbocycles. The quantitative estimate of drug-likeness (QED) is 0.506. The number of hydrogen-bond donors (Lipinski definition) is 2. The van der Waals surface area contributed by atoms with Crippen molar-refractivity contribution in [2.24, 2.45) is 0 Å². The van der Waals surface area contributed by atoms with Crippen molar-refractivity contribution in [1.82, 2.24) is 5.32 Å². The molecule has 7 heteroatoms. The zero-order valence-corrected chi connectivity index (χ0v) is 19.0. The lowest BCUT2D eigenvalue weighted by molar-refractivity contribution is 0.0948. The van der Waals surface area contributed by atoms with E-state index < -0.39 is 0 Å². The molecule has 2 N–H and O–H groups in total. The summed E-state index contributed by atoms with van der Waals surface area (Å²) in [5, 5.41) is 7.50. The normalized spacial score (nSPS) is 13.3. The lowest BCUT2D eigenvalue weighted by atomic mass is 9.95. The number of aryl methyl sites for hydroxylation is 3. The average Bonchev–Trinajstić information content (AvgIpc) is 3.28. The van der Waals surface area contributed by atoms with E-state index in [2.05, 4.69) is 10.6 Å². The first-order valence-electron chi connectivity index (χ1n) is 10.7. The Balaban J connectivity index is 1.62. The number of methoxy groups -OCH3 is 1. The van der Waals surface area contributed by atoms with E-state index in [4.69, 9.17) is 9.15 Å². The third-order valence-electron chi connectivity index (χ3n) is 5.73. The highest BCUT2D eigenvalue weighted by molar-refractivity contribution is 7.17. The monoisotopic (exact) mass is 440 g/mol. The average molecular weight is 441 g/mol. The Kier molecular flexibility index (Phi) is 6.43. The molecule has 0 spiro atoms. The molecular formula is C24H28N2O4S. The minimum atomic E-state index is -0.321. The molecular weight excluding hydrogens is 412 g/mol. The number of fused-ring (bicyclic) bond motifs is 2. The van der Waals surface area contributed by atoms with Gasteiger partial charge in [-0.15, -0.1) is 11.3 Å². The van der Waals surface area contributed by atoms with Gasteiger partial charge in [0.15, 0.2) is 5.76 Å². The van der Waals surface area contributed by atoms with Crippen LogP contribution in [0, 0.1) is 13.8 Å². The highest BCUT2D eigenvalue weighted by atomic mass is 32.1. The molecule has 6 nitrogen and oxygen atoms in total. The Morgan fingerprint density at radius 1 is 1.16 bits per heavy atom. The number of anilines is 1. The third-order valence-corrected chi connectivity index (χ3v) is 6.94. The third kappa shape index (κ3) is 4.38. The molecule has 0 radical (unpaired) electrons. The van der Waals surface area contributed by atoms with Crippen molar-refractivity contribution < 1.29 is 18.7 Å². The number of ether oxygens (including phenoxy) is 1. The standard InChI is InChI=1S/C24H28N2O4S/c1-14-9-10-18-17(13-14)15(2)21(30-18)23(28)26-24-20(22(27)25-11-6-12-29-3)16-7-4-5-8-19(16)31-24/h9-10,13H,4-8,11-12H2,1-3H3,(H,25,27)(H,26,28). The molecule has 1 aromatic carbocycles. The first-order valence-corrected chi connectivity index (χ1v) is 11.5. The van der Waals surface area contributed by atoms with Crippen LogP contribution in [0.1, 0.15) is 61.7 Å². The fourth-order valence-electron chi connectivity index (χ4n) is 4.11. The van der Waals surface area contributed by atoms with Gasteiger partial charge in [-0.1, -0.05) is 11.6 Å². The van der Waals surface area contributed by atoms with Crippen LogP contribution in [-0.4, -0.2) is 32.1 Å². The molecule has 0 bridgehead atoms. The van der Waals surface area contributed by atoms with Gasteiger partial charge in [-0.05, 0) is 63.6 Å². The predicted molar refractivity (Wildman–Crippen MR) is 123 cm³/mol. The van der Waals surface area contributed by atoms with E-state index in [1.54, 1.807) is 7.11 Å². The first kappa shape index (κ1) is 21.6. The summed E-state index contributed by atoms with van der Waals surface area (Å²) in [7, 11) is 1.64. The molecule has 4 rings (SSSR count). The maximum atomic E-state index is 13.1. The van der Waals surface area contributed by atoms with Gasteiger partial charge in [0.2, 0.25) is 0 Å². The summed E-state index contributed by atoms with van der Waals surface area (Å²) in [5.41, 5.74) is 4.29. The van der Waals surface area contributed by atoms with Crippen LogP contribution in [0.25, 0.3) is 11.0 Å². The number of rotatable bonds is 7. The van der Waals surface area contributed by atoms with E-state index in [1.165, 1.54) is 16.2 Å². The molecule has 2 heterocycles. The highest BCUT2D eigenvalue weighted by Gasteiger charge is 2.27. The van der Waals surface area contributed by atoms with Crippen LogP contribution in [0.4, 0.5) is 5.00 Å². The second-order valence-electron chi connectivity index (χ2n) is 8.03. The number of nitrogens with one attached hydrogen (secondary N) is 2. The molecule has 1 aliphatic rings. The number of benzene rings is 1. The summed E-state index contributed by atoms with van der Waals surface area (Å²) in [6, 6.07) is 5.87. The van der Waals surface area contributed by atoms with Gasteiger partial charge >= 0.3 is 0 Å². The van der Waals surface area contributed by atoms with E-state index in [9.17, 15) is 9.59 Å². The molecule has 0 aliphatic heterocycles. The summed E-state index contributed by atoms with van der Waals surface area (Å²) in [6.45, 7) is 5.03. The fraction of sp³-hybridized carbons (Fsp3) is 0.417. The molecule has 0 fully saturated rings. The van der Waals surface area contributed by atoms with Crippen LogP contribution in [0.3, 0.4) is 0 Å². The van der Waals surface area contributed by atoms with Crippen LogP contribution in [-0.2, 0) is 17.6 Å². The Bertz CT molecular complexity index is 1130. The van der Waals surface area contributed by atoms with Gasteiger partial charge in [0.25, 0.3) is 11.8 Å². The highest BCUT2D eigenvalue weighted by Crippen LogP contribution is 2.38. The van der Waals surface area contributed by atoms with E-state index >= 15 is 0 Å². The van der Waals surface area contributed by atoms with Crippen molar-refractivity contribution in [3.8, 4) is 0 Å². The van der Waals surface area contributed by atoms with Gasteiger partial charge in [-0.2, -0.15) is 0 Å². The topological polar surface area (TPSA) is 80.6 Å². The van der Waals surface area contributed by atoms with Crippen LogP contribution in [0.2, 0.25) is 0 Å². The van der Waals surface area contributed by atoms with Gasteiger partial charge in [0.1, 0.15) is 10.6 Å². The Morgan fingerprint density at radius 3 is 2.77 bits per heavy atom. The van der Waals surface area contributed by atoms with Gasteiger partial charge < -0.3 is 19.8 Å². The van der Waals surface area contributed by atoms with Crippen LogP contribution in [0.5, 0.6) is 0 Å². The molecule has 31 heavy (non-hydrogen) atoms. The van der Waals surface area contributed by atoms with Gasteiger partial charge in [-0.25, -0.2) is 0 Å². The van der Waals surface area contributed by atoms with Gasteiger partial charge in [0.05, 0.1) is 5.56 Å². The number of hydrogen-bond acceptors (Lipinski definition) is 5. The Hall–Kier alpha value is -2.64. The zero-order valence-electron chi connectivity index (χ0n) is 18.2. The molecule has 0 atom stereocenters. The van der Waals surface area contributed by atoms with E-state index in [0.29, 0.717) is 35.1 Å². The first-order chi connectivity index (χ1) is 15.0. The summed E-state index contributed by atoms with van der Waals surface area (Å²) < 4.78 is 10.9. The predicted octanol–water partition coefficient (Wildman–Crippen LogP) is 5.01. The fourth-order valence-corrected chi connectivity index (χ4v) is 5.39. The number of carbonyl (C=O) groups is 2. The molecule has 1 aliphatic carbocycles. The second-order valence-corrected chi connectivity index (χ2v) is 9.13. The largest absolute Gasteiger partial charge is 0.451 e. The molecule has 3 aromatic rings. The minimum absolute atomic E-state index is 0.136. The van der Waals surface area contributed by atoms with Crippen LogP contribution in [0.15, 0.2) is 22.6 Å². The summed E-state index contributed by atoms with van der Waals surface area (Å²) >= 11 is 1.51. The van der Waals surface area contributed by atoms with Crippen molar-refractivity contribution >= 4 is 39.1 Å². The van der Waals surface area contributed by atoms with E-state index in [0.717, 1.165) is 54.2 Å². The maximum absolute atomic E-state index is 13.1. The molecule has 2 amide bonds. The van der Waals surface area contributed by atoms with E-state index in [-0.39, 0.29) is 11.8 Å². The van der Waals surface area contributed by atoms with Crippen molar-refractivity contribution in [2.45, 2.75) is 46.0 Å². The molecule has 0 saturated heterocycles. The Morgan fingerprint density at radius 2 is 1.97 bits per heavy atom. The molecule has 2 aromatic heterocycles. The molecule has 0 unspecified atom stereocenters. The SMILES string of the molecule is COCCCNC(=O)c1c(NC(=O)c2oc3ccc(C)cc3c2C)sc2c1CCCC2. The smallest absolute Gasteiger partial charge is 0.292 e. The second kappa shape index (κ2) is 9.24. The maximum Gasteiger partial charge on any atom is 0.292 e. The minimum Gasteiger partial charge on any atom is -0.451 e. The number of amides is 2. The van der Waals surface area contributed by atoms with E-state index in [1.807, 2.05) is 32.0 Å². The van der Waals surface area contributed by atoms with Crippen molar-refractivity contribution in [2.75, 3.05) is 25.6 Å². The summed E-state index contributed by atoms with van der Waals surface area (Å²) in [4.78, 5) is 27.3. The van der Waals surface area contributed by atoms with Crippen LogP contribution >= 0.6 is 11.3 Å². The molecule has 164 valence electrons. The lowest BCUT2D eigenvalue weighted by Gasteiger charge is -2.13. The number of carbonyl (C=O) groups excluding carboxylic acids is 2. The van der Waals surface area contributed by atoms with Crippen molar-refractivity contribution in [3.05, 3.63) is 51.1 Å². The van der Waals surface area contributed by atoms with Crippen molar-refractivity contribution in [1.29, 1.82) is 0 Å². The van der Waals surface area contributed by atoms with Gasteiger partial charge in [-0.3, -0.25) is 9.59 Å². The van der Waals surface area contributed by atoms with Crippen LogP contribution < -0.4 is 10.6 Å². The number of furan rings is 1. The van der Waals surface area contributed by atoms with Crippen molar-refractivity contribution in [3.63, 3.8) is 0 Å². The summed E-state index contributed by atoms with van der Waals surface area (Å²) in [5.74, 6) is -0.167. The number of thiophene rings is 1. The lowest BCUT2D eigenvalue weighted by Crippen LogP contribution is -2.27. The Labute approximate surface area is 186 Å².